The average Bonchev–Trinajstić information content (AvgIpc) is 2.44. The maximum atomic E-state index is 12.8. The van der Waals surface area contributed by atoms with Crippen LogP contribution in [0, 0.1) is 11.8 Å². The number of amides is 1. The molecule has 0 bridgehead atoms. The lowest BCUT2D eigenvalue weighted by Crippen LogP contribution is -2.42. The van der Waals surface area contributed by atoms with Crippen LogP contribution in [0.2, 0.25) is 0 Å². The monoisotopic (exact) mass is 277 g/mol. The van der Waals surface area contributed by atoms with Gasteiger partial charge in [0.05, 0.1) is 14.2 Å². The zero-order chi connectivity index (χ0) is 14.7. The van der Waals surface area contributed by atoms with Gasteiger partial charge in [-0.2, -0.15) is 0 Å². The molecule has 4 heteroatoms. The molecule has 2 unspecified atom stereocenters. The summed E-state index contributed by atoms with van der Waals surface area (Å²) in [5.74, 6) is 2.20. The summed E-state index contributed by atoms with van der Waals surface area (Å²) in [4.78, 5) is 14.7. The second kappa shape index (κ2) is 6.16. The highest BCUT2D eigenvalue weighted by Crippen LogP contribution is 2.31. The van der Waals surface area contributed by atoms with Crippen LogP contribution in [0.3, 0.4) is 0 Å². The van der Waals surface area contributed by atoms with E-state index in [-0.39, 0.29) is 5.91 Å². The van der Waals surface area contributed by atoms with Gasteiger partial charge in [0.1, 0.15) is 17.1 Å². The van der Waals surface area contributed by atoms with Crippen LogP contribution in [-0.4, -0.2) is 38.1 Å². The Hall–Kier alpha value is -1.71. The van der Waals surface area contributed by atoms with Crippen molar-refractivity contribution in [3.05, 3.63) is 23.8 Å². The number of hydrogen-bond acceptors (Lipinski definition) is 3. The highest BCUT2D eigenvalue weighted by Gasteiger charge is 2.29. The number of rotatable bonds is 3. The van der Waals surface area contributed by atoms with Crippen molar-refractivity contribution in [1.29, 1.82) is 0 Å². The number of benzene rings is 1. The van der Waals surface area contributed by atoms with Crippen LogP contribution in [0.5, 0.6) is 11.5 Å². The van der Waals surface area contributed by atoms with Gasteiger partial charge >= 0.3 is 0 Å². The van der Waals surface area contributed by atoms with E-state index in [0.717, 1.165) is 13.1 Å². The molecule has 4 nitrogen and oxygen atoms in total. The molecule has 0 N–H and O–H groups in total. The van der Waals surface area contributed by atoms with E-state index in [4.69, 9.17) is 9.47 Å². The fourth-order valence-electron chi connectivity index (χ4n) is 3.05. The Kier molecular flexibility index (Phi) is 4.53. The number of hydrogen-bond donors (Lipinski definition) is 0. The maximum absolute atomic E-state index is 12.8. The van der Waals surface area contributed by atoms with Crippen LogP contribution in [0.1, 0.15) is 30.6 Å². The molecule has 2 rings (SSSR count). The van der Waals surface area contributed by atoms with Crippen LogP contribution in [-0.2, 0) is 0 Å². The van der Waals surface area contributed by atoms with Crippen LogP contribution < -0.4 is 9.47 Å². The lowest BCUT2D eigenvalue weighted by Gasteiger charge is -2.35. The summed E-state index contributed by atoms with van der Waals surface area (Å²) in [6, 6.07) is 5.43. The fourth-order valence-corrected chi connectivity index (χ4v) is 3.05. The van der Waals surface area contributed by atoms with E-state index in [9.17, 15) is 4.79 Å². The summed E-state index contributed by atoms with van der Waals surface area (Å²) in [5, 5.41) is 0. The molecule has 20 heavy (non-hydrogen) atoms. The first-order valence-electron chi connectivity index (χ1n) is 7.07. The Bertz CT molecular complexity index is 454. The van der Waals surface area contributed by atoms with Gasteiger partial charge in [0, 0.05) is 13.1 Å². The van der Waals surface area contributed by atoms with E-state index in [0.29, 0.717) is 28.9 Å². The van der Waals surface area contributed by atoms with Crippen molar-refractivity contribution in [2.45, 2.75) is 20.3 Å². The molecule has 1 fully saturated rings. The number of methoxy groups -OCH3 is 2. The Morgan fingerprint density at radius 2 is 1.60 bits per heavy atom. The van der Waals surface area contributed by atoms with Gasteiger partial charge in [-0.3, -0.25) is 4.79 Å². The smallest absolute Gasteiger partial charge is 0.261 e. The van der Waals surface area contributed by atoms with Crippen molar-refractivity contribution in [3.63, 3.8) is 0 Å². The largest absolute Gasteiger partial charge is 0.496 e. The van der Waals surface area contributed by atoms with Gasteiger partial charge in [-0.25, -0.2) is 0 Å². The van der Waals surface area contributed by atoms with Gasteiger partial charge in [0.25, 0.3) is 5.91 Å². The number of likely N-dealkylation sites (tertiary alicyclic amines) is 1. The van der Waals surface area contributed by atoms with Crippen LogP contribution in [0.4, 0.5) is 0 Å². The minimum absolute atomic E-state index is 0.00213. The quantitative estimate of drug-likeness (QED) is 0.852. The highest BCUT2D eigenvalue weighted by molar-refractivity contribution is 5.99. The number of piperidine rings is 1. The zero-order valence-corrected chi connectivity index (χ0v) is 12.7. The molecule has 2 atom stereocenters. The topological polar surface area (TPSA) is 38.8 Å². The van der Waals surface area contributed by atoms with Gasteiger partial charge in [-0.05, 0) is 30.4 Å². The molecule has 0 aromatic heterocycles. The van der Waals surface area contributed by atoms with Crippen LogP contribution in [0.15, 0.2) is 18.2 Å². The van der Waals surface area contributed by atoms with Gasteiger partial charge < -0.3 is 14.4 Å². The minimum atomic E-state index is -0.00213. The predicted molar refractivity (Wildman–Crippen MR) is 78.4 cm³/mol. The van der Waals surface area contributed by atoms with Crippen LogP contribution >= 0.6 is 0 Å². The molecule has 1 aliphatic heterocycles. The maximum Gasteiger partial charge on any atom is 0.261 e. The Balaban J connectivity index is 2.32. The van der Waals surface area contributed by atoms with E-state index in [2.05, 4.69) is 13.8 Å². The number of nitrogens with zero attached hydrogens (tertiary/aromatic N) is 1. The summed E-state index contributed by atoms with van der Waals surface area (Å²) in [5.41, 5.74) is 0.527. The first-order valence-corrected chi connectivity index (χ1v) is 7.07. The summed E-state index contributed by atoms with van der Waals surface area (Å²) in [7, 11) is 3.15. The van der Waals surface area contributed by atoms with Crippen molar-refractivity contribution in [3.8, 4) is 11.5 Å². The lowest BCUT2D eigenvalue weighted by atomic mass is 9.91. The Morgan fingerprint density at radius 3 is 2.05 bits per heavy atom. The second-order valence-corrected chi connectivity index (χ2v) is 5.69. The third-order valence-electron chi connectivity index (χ3n) is 3.80. The lowest BCUT2D eigenvalue weighted by molar-refractivity contribution is 0.0616. The molecular formula is C16H23NO3. The normalized spacial score (nSPS) is 22.5. The second-order valence-electron chi connectivity index (χ2n) is 5.69. The van der Waals surface area contributed by atoms with Crippen molar-refractivity contribution >= 4 is 5.91 Å². The van der Waals surface area contributed by atoms with E-state index in [1.807, 2.05) is 11.0 Å². The number of carbonyl (C=O) groups excluding carboxylic acids is 1. The molecule has 0 spiro atoms. The van der Waals surface area contributed by atoms with E-state index < -0.39 is 0 Å². The van der Waals surface area contributed by atoms with Gasteiger partial charge in [0.2, 0.25) is 0 Å². The molecule has 1 heterocycles. The standard InChI is InChI=1S/C16H23NO3/c1-11-8-12(2)10-17(9-11)16(18)15-13(19-3)6-5-7-14(15)20-4/h5-7,11-12H,8-10H2,1-4H3. The Labute approximate surface area is 120 Å². The SMILES string of the molecule is COc1cccc(OC)c1C(=O)N1CC(C)CC(C)C1. The minimum Gasteiger partial charge on any atom is -0.496 e. The third-order valence-corrected chi connectivity index (χ3v) is 3.80. The first-order chi connectivity index (χ1) is 9.56. The van der Waals surface area contributed by atoms with Crippen molar-refractivity contribution < 1.29 is 14.3 Å². The summed E-state index contributed by atoms with van der Waals surface area (Å²) < 4.78 is 10.7. The molecule has 0 saturated carbocycles. The van der Waals surface area contributed by atoms with E-state index in [1.165, 1.54) is 6.42 Å². The van der Waals surface area contributed by atoms with Crippen molar-refractivity contribution in [2.75, 3.05) is 27.3 Å². The van der Waals surface area contributed by atoms with Crippen molar-refractivity contribution in [2.24, 2.45) is 11.8 Å². The van der Waals surface area contributed by atoms with E-state index in [1.54, 1.807) is 26.4 Å². The molecule has 110 valence electrons. The predicted octanol–water partition coefficient (Wildman–Crippen LogP) is 2.82. The average molecular weight is 277 g/mol. The number of carbonyl (C=O) groups is 1. The van der Waals surface area contributed by atoms with Gasteiger partial charge in [-0.15, -0.1) is 0 Å². The highest BCUT2D eigenvalue weighted by atomic mass is 16.5. The van der Waals surface area contributed by atoms with Crippen molar-refractivity contribution in [1.82, 2.24) is 4.90 Å². The summed E-state index contributed by atoms with van der Waals surface area (Å²) >= 11 is 0. The Morgan fingerprint density at radius 1 is 1.10 bits per heavy atom. The van der Waals surface area contributed by atoms with E-state index >= 15 is 0 Å². The number of ether oxygens (including phenoxy) is 2. The molecule has 0 aliphatic carbocycles. The molecule has 1 amide bonds. The molecule has 1 aromatic carbocycles. The molecule has 1 aromatic rings. The molecule has 0 radical (unpaired) electrons. The zero-order valence-electron chi connectivity index (χ0n) is 12.7. The molecule has 1 aliphatic rings. The summed E-state index contributed by atoms with van der Waals surface area (Å²) in [6.07, 6.45) is 1.17. The first kappa shape index (κ1) is 14.7. The van der Waals surface area contributed by atoms with Gasteiger partial charge in [0.15, 0.2) is 0 Å². The third kappa shape index (κ3) is 2.89. The fraction of sp³-hybridized carbons (Fsp3) is 0.562. The van der Waals surface area contributed by atoms with Gasteiger partial charge in [-0.1, -0.05) is 19.9 Å². The molecule has 1 saturated heterocycles. The summed E-state index contributed by atoms with van der Waals surface area (Å²) in [6.45, 7) is 5.97. The van der Waals surface area contributed by atoms with Crippen LogP contribution in [0.25, 0.3) is 0 Å². The molecular weight excluding hydrogens is 254 g/mol.